The maximum atomic E-state index is 2.66. The molecule has 5 aliphatic rings. The fraction of sp³-hybridized carbons (Fsp3) is 0.200. The average Bonchev–Trinajstić information content (AvgIpc) is 3.64. The summed E-state index contributed by atoms with van der Waals surface area (Å²) in [7, 11) is 0. The van der Waals surface area contributed by atoms with Gasteiger partial charge in [0.15, 0.2) is 0 Å². The molecule has 4 bridgehead atoms. The maximum Gasteiger partial charge on any atom is 0.0274 e. The molecule has 0 N–H and O–H groups in total. The third-order valence-electron chi connectivity index (χ3n) is 12.6. The lowest BCUT2D eigenvalue weighted by atomic mass is 9.59. The lowest BCUT2D eigenvalue weighted by Gasteiger charge is -2.44. The van der Waals surface area contributed by atoms with Gasteiger partial charge in [0.2, 0.25) is 0 Å². The molecule has 214 valence electrons. The summed E-state index contributed by atoms with van der Waals surface area (Å²) in [5.74, 6) is 3.43. The van der Waals surface area contributed by atoms with Crippen molar-refractivity contribution in [3.8, 4) is 33.4 Å². The van der Waals surface area contributed by atoms with Gasteiger partial charge in [-0.1, -0.05) is 121 Å². The first-order chi connectivity index (χ1) is 22.3. The van der Waals surface area contributed by atoms with Crippen LogP contribution < -0.4 is 0 Å². The SMILES string of the molecule is c1ccc2c(c1)-c1ccc(-c3c4ccccc4c(-c4ccc5ccccc5c4)c4ccccc34)cc1C21C2CC3CC(C2)C1C3. The molecule has 45 heavy (non-hydrogen) atoms. The molecule has 7 aromatic carbocycles. The van der Waals surface area contributed by atoms with E-state index in [1.807, 2.05) is 0 Å². The number of hydrogen-bond acceptors (Lipinski definition) is 0. The summed E-state index contributed by atoms with van der Waals surface area (Å²) in [6, 6.07) is 51.0. The van der Waals surface area contributed by atoms with Crippen LogP contribution in [0.1, 0.15) is 36.8 Å². The van der Waals surface area contributed by atoms with Gasteiger partial charge in [0, 0.05) is 5.41 Å². The highest BCUT2D eigenvalue weighted by Crippen LogP contribution is 2.73. The monoisotopic (exact) mass is 574 g/mol. The van der Waals surface area contributed by atoms with Crippen LogP contribution in [0.5, 0.6) is 0 Å². The molecule has 5 aliphatic carbocycles. The molecule has 5 atom stereocenters. The van der Waals surface area contributed by atoms with Crippen molar-refractivity contribution in [1.29, 1.82) is 0 Å². The first-order valence-electron chi connectivity index (χ1n) is 17.0. The minimum Gasteiger partial charge on any atom is -0.0619 e. The highest BCUT2D eigenvalue weighted by Gasteiger charge is 2.65. The van der Waals surface area contributed by atoms with Crippen LogP contribution in [0.3, 0.4) is 0 Å². The Kier molecular flexibility index (Phi) is 4.78. The van der Waals surface area contributed by atoms with E-state index in [1.54, 1.807) is 11.1 Å². The minimum absolute atomic E-state index is 0.191. The summed E-state index contributed by atoms with van der Waals surface area (Å²) in [6.07, 6.45) is 5.72. The Hall–Kier alpha value is -4.68. The smallest absolute Gasteiger partial charge is 0.0274 e. The van der Waals surface area contributed by atoms with Crippen LogP contribution in [0.15, 0.2) is 133 Å². The highest BCUT2D eigenvalue weighted by atomic mass is 14.7. The topological polar surface area (TPSA) is 0 Å². The van der Waals surface area contributed by atoms with Gasteiger partial charge in [-0.3, -0.25) is 0 Å². The normalized spacial score (nSPS) is 25.5. The van der Waals surface area contributed by atoms with Crippen molar-refractivity contribution < 1.29 is 0 Å². The van der Waals surface area contributed by atoms with Crippen LogP contribution in [0, 0.1) is 23.7 Å². The van der Waals surface area contributed by atoms with Crippen LogP contribution in [-0.2, 0) is 5.41 Å². The van der Waals surface area contributed by atoms with Crippen molar-refractivity contribution in [2.24, 2.45) is 23.7 Å². The van der Waals surface area contributed by atoms with Crippen LogP contribution >= 0.6 is 0 Å². The van der Waals surface area contributed by atoms with Gasteiger partial charge in [-0.2, -0.15) is 0 Å². The van der Waals surface area contributed by atoms with E-state index >= 15 is 0 Å². The Morgan fingerprint density at radius 1 is 0.444 bits per heavy atom. The van der Waals surface area contributed by atoms with E-state index in [0.29, 0.717) is 0 Å². The van der Waals surface area contributed by atoms with Gasteiger partial charge >= 0.3 is 0 Å². The number of hydrogen-bond donors (Lipinski definition) is 0. The van der Waals surface area contributed by atoms with Crippen molar-refractivity contribution in [2.45, 2.75) is 31.1 Å². The second-order valence-electron chi connectivity index (χ2n) is 14.5. The summed E-state index contributed by atoms with van der Waals surface area (Å²) >= 11 is 0. The van der Waals surface area contributed by atoms with Gasteiger partial charge < -0.3 is 0 Å². The lowest BCUT2D eigenvalue weighted by Crippen LogP contribution is -2.40. The van der Waals surface area contributed by atoms with E-state index in [9.17, 15) is 0 Å². The second-order valence-corrected chi connectivity index (χ2v) is 14.5. The molecule has 5 unspecified atom stereocenters. The first-order valence-corrected chi connectivity index (χ1v) is 17.0. The number of fused-ring (bicyclic) bond motifs is 6. The standard InChI is InChI=1S/C45H34/c1-2-10-29-24-30(18-17-28(29)9-1)43-36-12-3-5-14-38(36)44(39-15-6-4-13-37(39)43)31-19-20-35-34-11-7-8-16-40(34)45(42(35)26-31)33-22-27-21-32(25-33)41(45)23-27/h1-20,24,26-27,32-33,41H,21-23,25H2. The fourth-order valence-electron chi connectivity index (χ4n) is 11.2. The third kappa shape index (κ3) is 3.08. The first kappa shape index (κ1) is 24.6. The van der Waals surface area contributed by atoms with E-state index in [2.05, 4.69) is 133 Å². The van der Waals surface area contributed by atoms with Gasteiger partial charge in [-0.15, -0.1) is 0 Å². The molecule has 0 saturated heterocycles. The van der Waals surface area contributed by atoms with Crippen LogP contribution in [0.2, 0.25) is 0 Å². The highest BCUT2D eigenvalue weighted by molar-refractivity contribution is 6.21. The third-order valence-corrected chi connectivity index (χ3v) is 12.6. The van der Waals surface area contributed by atoms with Gasteiger partial charge in [-0.25, -0.2) is 0 Å². The summed E-state index contributed by atoms with van der Waals surface area (Å²) in [4.78, 5) is 0. The minimum atomic E-state index is 0.191. The molecule has 0 aliphatic heterocycles. The predicted octanol–water partition coefficient (Wildman–Crippen LogP) is 11.8. The Labute approximate surface area is 264 Å². The predicted molar refractivity (Wildman–Crippen MR) is 188 cm³/mol. The second kappa shape index (κ2) is 8.73. The average molecular weight is 575 g/mol. The number of benzene rings is 7. The Bertz CT molecular complexity index is 2310. The molecule has 0 heteroatoms. The van der Waals surface area contributed by atoms with Crippen LogP contribution in [-0.4, -0.2) is 0 Å². The van der Waals surface area contributed by atoms with Crippen molar-refractivity contribution in [1.82, 2.24) is 0 Å². The quantitative estimate of drug-likeness (QED) is 0.180. The zero-order chi connectivity index (χ0) is 29.3. The van der Waals surface area contributed by atoms with E-state index in [0.717, 1.165) is 23.7 Å². The van der Waals surface area contributed by atoms with E-state index in [1.165, 1.54) is 91.4 Å². The Morgan fingerprint density at radius 3 is 1.78 bits per heavy atom. The lowest BCUT2D eigenvalue weighted by molar-refractivity contribution is 0.191. The van der Waals surface area contributed by atoms with Crippen molar-refractivity contribution in [2.75, 3.05) is 0 Å². The molecular weight excluding hydrogens is 540 g/mol. The summed E-state index contributed by atoms with van der Waals surface area (Å²) in [6.45, 7) is 0. The molecule has 1 spiro atoms. The summed E-state index contributed by atoms with van der Waals surface area (Å²) in [5, 5.41) is 7.93. The fourth-order valence-corrected chi connectivity index (χ4v) is 11.2. The van der Waals surface area contributed by atoms with Gasteiger partial charge in [0.25, 0.3) is 0 Å². The molecule has 0 heterocycles. The molecule has 4 fully saturated rings. The van der Waals surface area contributed by atoms with Gasteiger partial charge in [0.1, 0.15) is 0 Å². The zero-order valence-corrected chi connectivity index (χ0v) is 25.3. The van der Waals surface area contributed by atoms with Crippen molar-refractivity contribution >= 4 is 32.3 Å². The molecule has 0 amide bonds. The maximum absolute atomic E-state index is 2.66. The molecule has 7 aromatic rings. The van der Waals surface area contributed by atoms with Crippen molar-refractivity contribution in [3.63, 3.8) is 0 Å². The van der Waals surface area contributed by atoms with E-state index in [4.69, 9.17) is 0 Å². The zero-order valence-electron chi connectivity index (χ0n) is 25.3. The molecule has 0 nitrogen and oxygen atoms in total. The van der Waals surface area contributed by atoms with Gasteiger partial charge in [-0.05, 0) is 138 Å². The Balaban J connectivity index is 1.20. The van der Waals surface area contributed by atoms with E-state index in [-0.39, 0.29) is 5.41 Å². The van der Waals surface area contributed by atoms with Gasteiger partial charge in [0.05, 0.1) is 0 Å². The molecule has 0 radical (unpaired) electrons. The molecule has 0 aromatic heterocycles. The largest absolute Gasteiger partial charge is 0.0619 e. The number of rotatable bonds is 2. The summed E-state index contributed by atoms with van der Waals surface area (Å²) in [5.41, 5.74) is 11.8. The van der Waals surface area contributed by atoms with E-state index < -0.39 is 0 Å². The van der Waals surface area contributed by atoms with Crippen LogP contribution in [0.25, 0.3) is 65.7 Å². The summed E-state index contributed by atoms with van der Waals surface area (Å²) < 4.78 is 0. The van der Waals surface area contributed by atoms with Crippen LogP contribution in [0.4, 0.5) is 0 Å². The Morgan fingerprint density at radius 2 is 1.04 bits per heavy atom. The molecular formula is C45H34. The molecule has 12 rings (SSSR count). The van der Waals surface area contributed by atoms with Crippen molar-refractivity contribution in [3.05, 3.63) is 145 Å². The molecule has 4 saturated carbocycles.